The van der Waals surface area contributed by atoms with Gasteiger partial charge in [-0.3, -0.25) is 0 Å². The van der Waals surface area contributed by atoms with E-state index in [1.54, 1.807) is 7.11 Å². The molecule has 130 valence electrons. The van der Waals surface area contributed by atoms with Crippen LogP contribution < -0.4 is 9.47 Å². The zero-order valence-corrected chi connectivity index (χ0v) is 23.5. The molecule has 2 aliphatic rings. The molecular formula is C18H24Br2HgO3. The van der Waals surface area contributed by atoms with Gasteiger partial charge in [-0.1, -0.05) is 0 Å². The monoisotopic (exact) mass is 648 g/mol. The number of ether oxygens (including phenoxy) is 3. The zero-order chi connectivity index (χ0) is 17.5. The van der Waals surface area contributed by atoms with Crippen molar-refractivity contribution in [3.63, 3.8) is 0 Å². The third-order valence-corrected chi connectivity index (χ3v) is 20.7. The predicted octanol–water partition coefficient (Wildman–Crippen LogP) is 5.74. The van der Waals surface area contributed by atoms with Crippen molar-refractivity contribution in [2.75, 3.05) is 13.9 Å². The molecule has 0 amide bonds. The number of hydrogen-bond donors (Lipinski definition) is 0. The van der Waals surface area contributed by atoms with E-state index in [1.807, 2.05) is 0 Å². The fourth-order valence-corrected chi connectivity index (χ4v) is 19.1. The van der Waals surface area contributed by atoms with Gasteiger partial charge in [-0.2, -0.15) is 0 Å². The second-order valence-corrected chi connectivity index (χ2v) is 19.4. The van der Waals surface area contributed by atoms with E-state index in [-0.39, 0.29) is 12.4 Å². The van der Waals surface area contributed by atoms with Crippen molar-refractivity contribution in [3.8, 4) is 11.5 Å². The van der Waals surface area contributed by atoms with Crippen molar-refractivity contribution in [2.45, 2.75) is 49.1 Å². The van der Waals surface area contributed by atoms with E-state index in [4.69, 9.17) is 14.2 Å². The minimum atomic E-state index is -0.958. The summed E-state index contributed by atoms with van der Waals surface area (Å²) in [7, 11) is 1.64. The molecule has 3 rings (SSSR count). The van der Waals surface area contributed by atoms with Crippen LogP contribution in [0.5, 0.6) is 11.5 Å². The molecule has 0 bridgehead atoms. The summed E-state index contributed by atoms with van der Waals surface area (Å²) >= 11 is 6.58. The van der Waals surface area contributed by atoms with Crippen molar-refractivity contribution in [1.82, 2.24) is 0 Å². The Morgan fingerprint density at radius 2 is 2.08 bits per heavy atom. The molecule has 0 spiro atoms. The van der Waals surface area contributed by atoms with Crippen molar-refractivity contribution in [2.24, 2.45) is 11.3 Å². The SMILES string of the molecule is COCOc1cc2c(cc1Br)O[C@@]1(C)CC[C@H]([Hg][Br])C(C)(C)[C@@H]1C2. The molecule has 0 unspecified atom stereocenters. The zero-order valence-electron chi connectivity index (χ0n) is 14.8. The van der Waals surface area contributed by atoms with Crippen LogP contribution in [-0.4, -0.2) is 19.5 Å². The van der Waals surface area contributed by atoms with Gasteiger partial charge < -0.3 is 0 Å². The van der Waals surface area contributed by atoms with Crippen LogP contribution >= 0.6 is 27.8 Å². The molecule has 1 heterocycles. The standard InChI is InChI=1S/C18H24BrO3.BrH.Hg/c1-17(2)6-5-7-18(3)16(17)9-12-8-15(21-11-20-4)13(19)10-14(12)22-18;;/h6,8,10,16H,5,7,9,11H2,1-4H3;1H;/q;;+1/p-1/t16-,18-;;/m0../s1. The summed E-state index contributed by atoms with van der Waals surface area (Å²) in [6.07, 6.45) is 3.53. The van der Waals surface area contributed by atoms with E-state index in [9.17, 15) is 0 Å². The Hall–Kier alpha value is 0.675. The Morgan fingerprint density at radius 3 is 2.75 bits per heavy atom. The first-order valence-electron chi connectivity index (χ1n) is 8.51. The molecule has 24 heavy (non-hydrogen) atoms. The molecule has 1 aromatic carbocycles. The average molecular weight is 649 g/mol. The van der Waals surface area contributed by atoms with Crippen LogP contribution in [0.2, 0.25) is 3.43 Å². The van der Waals surface area contributed by atoms with Gasteiger partial charge in [-0.25, -0.2) is 0 Å². The van der Waals surface area contributed by atoms with E-state index in [0.717, 1.165) is 32.2 Å². The van der Waals surface area contributed by atoms with Crippen LogP contribution in [-0.2, 0) is 33.3 Å². The molecule has 1 fully saturated rings. The fourth-order valence-electron chi connectivity index (χ4n) is 4.49. The number of hydrogen-bond acceptors (Lipinski definition) is 3. The quantitative estimate of drug-likeness (QED) is 0.308. The summed E-state index contributed by atoms with van der Waals surface area (Å²) in [5.74, 6) is 2.38. The first-order valence-corrected chi connectivity index (χ1v) is 24.4. The van der Waals surface area contributed by atoms with Crippen molar-refractivity contribution < 1.29 is 36.4 Å². The van der Waals surface area contributed by atoms with Gasteiger partial charge in [-0.05, 0) is 0 Å². The van der Waals surface area contributed by atoms with Crippen molar-refractivity contribution in [3.05, 3.63) is 22.2 Å². The first kappa shape index (κ1) is 19.4. The van der Waals surface area contributed by atoms with Crippen molar-refractivity contribution in [1.29, 1.82) is 0 Å². The molecule has 1 aromatic rings. The number of methoxy groups -OCH3 is 1. The van der Waals surface area contributed by atoms with E-state index in [2.05, 4.69) is 60.7 Å². The molecule has 0 aromatic heterocycles. The van der Waals surface area contributed by atoms with Crippen LogP contribution in [0.15, 0.2) is 16.6 Å². The molecule has 1 aliphatic carbocycles. The van der Waals surface area contributed by atoms with Gasteiger partial charge in [0.25, 0.3) is 0 Å². The van der Waals surface area contributed by atoms with E-state index >= 15 is 0 Å². The van der Waals surface area contributed by atoms with Gasteiger partial charge >= 0.3 is 172 Å². The Bertz CT molecular complexity index is 623. The molecule has 1 aliphatic heterocycles. The molecule has 1 saturated carbocycles. The molecule has 3 nitrogen and oxygen atoms in total. The van der Waals surface area contributed by atoms with E-state index in [0.29, 0.717) is 11.3 Å². The van der Waals surface area contributed by atoms with Crippen LogP contribution in [0.3, 0.4) is 0 Å². The second kappa shape index (κ2) is 7.36. The molecule has 0 radical (unpaired) electrons. The molecule has 0 N–H and O–H groups in total. The van der Waals surface area contributed by atoms with Crippen LogP contribution in [0.4, 0.5) is 0 Å². The maximum absolute atomic E-state index is 6.58. The molecule has 6 heteroatoms. The minimum absolute atomic E-state index is 0.0582. The number of fused-ring (bicyclic) bond motifs is 2. The topological polar surface area (TPSA) is 27.7 Å². The summed E-state index contributed by atoms with van der Waals surface area (Å²) in [6.45, 7) is 7.48. The Balaban J connectivity index is 1.96. The van der Waals surface area contributed by atoms with Crippen LogP contribution in [0, 0.1) is 11.3 Å². The Kier molecular flexibility index (Phi) is 5.96. The molecular weight excluding hydrogens is 625 g/mol. The molecule has 0 saturated heterocycles. The van der Waals surface area contributed by atoms with Crippen LogP contribution in [0.25, 0.3) is 0 Å². The fraction of sp³-hybridized carbons (Fsp3) is 0.667. The van der Waals surface area contributed by atoms with Gasteiger partial charge in [-0.15, -0.1) is 0 Å². The first-order chi connectivity index (χ1) is 11.3. The third-order valence-electron chi connectivity index (χ3n) is 6.08. The predicted molar refractivity (Wildman–Crippen MR) is 98.6 cm³/mol. The van der Waals surface area contributed by atoms with Gasteiger partial charge in [0.1, 0.15) is 0 Å². The summed E-state index contributed by atoms with van der Waals surface area (Å²) in [4.78, 5) is 0. The van der Waals surface area contributed by atoms with E-state index in [1.165, 1.54) is 12.0 Å². The number of rotatable bonds is 4. The number of benzene rings is 1. The Morgan fingerprint density at radius 1 is 1.33 bits per heavy atom. The van der Waals surface area contributed by atoms with E-state index < -0.39 is 22.1 Å². The summed E-state index contributed by atoms with van der Waals surface area (Å²) < 4.78 is 19.1. The van der Waals surface area contributed by atoms with Crippen molar-refractivity contribution >= 4 is 27.8 Å². The second-order valence-electron chi connectivity index (χ2n) is 7.82. The number of halogens is 2. The third kappa shape index (κ3) is 3.44. The maximum atomic E-state index is 6.58. The normalized spacial score (nSPS) is 30.6. The van der Waals surface area contributed by atoms with Crippen LogP contribution in [0.1, 0.15) is 39.2 Å². The summed E-state index contributed by atoms with van der Waals surface area (Å²) in [5, 5.41) is 0. The van der Waals surface area contributed by atoms with Gasteiger partial charge in [0, 0.05) is 0 Å². The van der Waals surface area contributed by atoms with Gasteiger partial charge in [0.05, 0.1) is 0 Å². The summed E-state index contributed by atoms with van der Waals surface area (Å²) in [6, 6.07) is 4.18. The van der Waals surface area contributed by atoms with Gasteiger partial charge in [0.2, 0.25) is 0 Å². The van der Waals surface area contributed by atoms with Gasteiger partial charge in [0.15, 0.2) is 0 Å². The summed E-state index contributed by atoms with van der Waals surface area (Å²) in [5.41, 5.74) is 1.53. The Labute approximate surface area is 171 Å². The average Bonchev–Trinajstić information content (AvgIpc) is 2.52. The molecule has 3 atom stereocenters.